The number of carbonyl (C=O) groups is 1. The average Bonchev–Trinajstić information content (AvgIpc) is 2.72. The summed E-state index contributed by atoms with van der Waals surface area (Å²) in [7, 11) is 0. The van der Waals surface area contributed by atoms with Crippen molar-refractivity contribution in [2.45, 2.75) is 89.8 Å². The fourth-order valence-electron chi connectivity index (χ4n) is 4.15. The molecule has 4 heteroatoms. The predicted molar refractivity (Wildman–Crippen MR) is 108 cm³/mol. The zero-order chi connectivity index (χ0) is 18.9. The van der Waals surface area contributed by atoms with E-state index >= 15 is 0 Å². The first-order chi connectivity index (χ1) is 13.3. The van der Waals surface area contributed by atoms with Gasteiger partial charge in [-0.3, -0.25) is 4.79 Å². The Morgan fingerprint density at radius 3 is 2.67 bits per heavy atom. The van der Waals surface area contributed by atoms with Crippen molar-refractivity contribution in [3.05, 3.63) is 29.3 Å². The van der Waals surface area contributed by atoms with Crippen molar-refractivity contribution in [1.29, 1.82) is 0 Å². The summed E-state index contributed by atoms with van der Waals surface area (Å²) in [6, 6.07) is 6.30. The molecule has 0 bridgehead atoms. The van der Waals surface area contributed by atoms with E-state index < -0.39 is 6.10 Å². The molecular formula is C23H35NO3. The highest BCUT2D eigenvalue weighted by molar-refractivity contribution is 5.81. The Balaban J connectivity index is 1.38. The van der Waals surface area contributed by atoms with Gasteiger partial charge in [-0.25, -0.2) is 0 Å². The van der Waals surface area contributed by atoms with Gasteiger partial charge in [0.1, 0.15) is 5.75 Å². The summed E-state index contributed by atoms with van der Waals surface area (Å²) in [5.41, 5.74) is 2.82. The Morgan fingerprint density at radius 2 is 1.89 bits per heavy atom. The van der Waals surface area contributed by atoms with Crippen LogP contribution in [-0.2, 0) is 22.4 Å². The van der Waals surface area contributed by atoms with Crippen molar-refractivity contribution in [2.24, 2.45) is 0 Å². The first-order valence-electron chi connectivity index (χ1n) is 10.9. The van der Waals surface area contributed by atoms with Gasteiger partial charge in [0.25, 0.3) is 5.91 Å². The molecule has 1 aromatic carbocycles. The van der Waals surface area contributed by atoms with Crippen LogP contribution >= 0.6 is 0 Å². The van der Waals surface area contributed by atoms with E-state index in [0.717, 1.165) is 31.6 Å². The minimum atomic E-state index is -0.425. The Morgan fingerprint density at radius 1 is 1.11 bits per heavy atom. The van der Waals surface area contributed by atoms with E-state index in [0.29, 0.717) is 19.1 Å². The van der Waals surface area contributed by atoms with Crippen molar-refractivity contribution in [3.63, 3.8) is 0 Å². The molecule has 1 N–H and O–H groups in total. The zero-order valence-electron chi connectivity index (χ0n) is 16.8. The second kappa shape index (κ2) is 10.7. The van der Waals surface area contributed by atoms with Crippen LogP contribution in [0.5, 0.6) is 5.75 Å². The van der Waals surface area contributed by atoms with Crippen LogP contribution in [0.3, 0.4) is 0 Å². The van der Waals surface area contributed by atoms with Gasteiger partial charge in [0.2, 0.25) is 0 Å². The van der Waals surface area contributed by atoms with Crippen LogP contribution in [0.1, 0.15) is 75.8 Å². The SMILES string of the molecule is CCC(Oc1ccc2c(c1)CCCC2)C(=O)NCCCOC1CCCCC1. The van der Waals surface area contributed by atoms with Gasteiger partial charge in [-0.1, -0.05) is 32.3 Å². The number of hydrogen-bond donors (Lipinski definition) is 1. The summed E-state index contributed by atoms with van der Waals surface area (Å²) in [5, 5.41) is 3.01. The summed E-state index contributed by atoms with van der Waals surface area (Å²) in [6.45, 7) is 3.37. The van der Waals surface area contributed by atoms with Gasteiger partial charge < -0.3 is 14.8 Å². The van der Waals surface area contributed by atoms with Crippen LogP contribution in [0.4, 0.5) is 0 Å². The second-order valence-electron chi connectivity index (χ2n) is 7.93. The number of carbonyl (C=O) groups excluding carboxylic acids is 1. The molecule has 0 saturated heterocycles. The zero-order valence-corrected chi connectivity index (χ0v) is 16.8. The lowest BCUT2D eigenvalue weighted by molar-refractivity contribution is -0.128. The van der Waals surface area contributed by atoms with Crippen LogP contribution in [0.15, 0.2) is 18.2 Å². The topological polar surface area (TPSA) is 47.6 Å². The first-order valence-corrected chi connectivity index (χ1v) is 10.9. The molecule has 4 nitrogen and oxygen atoms in total. The molecule has 150 valence electrons. The molecule has 0 aliphatic heterocycles. The number of rotatable bonds is 9. The van der Waals surface area contributed by atoms with Gasteiger partial charge in [0.15, 0.2) is 6.10 Å². The van der Waals surface area contributed by atoms with E-state index in [1.807, 2.05) is 13.0 Å². The normalized spacial score (nSPS) is 18.6. The van der Waals surface area contributed by atoms with Gasteiger partial charge in [-0.2, -0.15) is 0 Å². The van der Waals surface area contributed by atoms with Crippen molar-refractivity contribution in [2.75, 3.05) is 13.2 Å². The maximum absolute atomic E-state index is 12.5. The Bertz CT molecular complexity index is 595. The standard InChI is InChI=1S/C23H35NO3/c1-2-22(27-21-14-13-18-9-6-7-10-19(18)17-21)23(25)24-15-8-16-26-20-11-4-3-5-12-20/h13-14,17,20,22H,2-12,15-16H2,1H3,(H,24,25). The lowest BCUT2D eigenvalue weighted by Gasteiger charge is -2.22. The average molecular weight is 374 g/mol. The van der Waals surface area contributed by atoms with Crippen molar-refractivity contribution < 1.29 is 14.3 Å². The Kier molecular flexibility index (Phi) is 8.00. The van der Waals surface area contributed by atoms with Gasteiger partial charge in [0.05, 0.1) is 6.10 Å². The number of hydrogen-bond acceptors (Lipinski definition) is 3. The third-order valence-corrected chi connectivity index (χ3v) is 5.79. The summed E-state index contributed by atoms with van der Waals surface area (Å²) < 4.78 is 11.9. The van der Waals surface area contributed by atoms with E-state index in [4.69, 9.17) is 9.47 Å². The number of ether oxygens (including phenoxy) is 2. The monoisotopic (exact) mass is 373 g/mol. The lowest BCUT2D eigenvalue weighted by Crippen LogP contribution is -2.38. The number of fused-ring (bicyclic) bond motifs is 1. The van der Waals surface area contributed by atoms with Crippen LogP contribution in [0, 0.1) is 0 Å². The molecule has 0 heterocycles. The highest BCUT2D eigenvalue weighted by atomic mass is 16.5. The number of amides is 1. The molecule has 1 unspecified atom stereocenters. The molecule has 1 amide bonds. The van der Waals surface area contributed by atoms with Crippen LogP contribution in [-0.4, -0.2) is 31.3 Å². The fraction of sp³-hybridized carbons (Fsp3) is 0.696. The fourth-order valence-corrected chi connectivity index (χ4v) is 4.15. The maximum Gasteiger partial charge on any atom is 0.261 e. The van der Waals surface area contributed by atoms with E-state index in [2.05, 4.69) is 17.4 Å². The Hall–Kier alpha value is -1.55. The highest BCUT2D eigenvalue weighted by Gasteiger charge is 2.19. The lowest BCUT2D eigenvalue weighted by atomic mass is 9.92. The highest BCUT2D eigenvalue weighted by Crippen LogP contribution is 2.26. The molecule has 27 heavy (non-hydrogen) atoms. The summed E-state index contributed by atoms with van der Waals surface area (Å²) in [5.74, 6) is 0.797. The van der Waals surface area contributed by atoms with Crippen LogP contribution in [0.2, 0.25) is 0 Å². The third-order valence-electron chi connectivity index (χ3n) is 5.79. The second-order valence-corrected chi connectivity index (χ2v) is 7.93. The minimum absolute atomic E-state index is 0.0205. The molecule has 0 aromatic heterocycles. The van der Waals surface area contributed by atoms with Crippen molar-refractivity contribution in [1.82, 2.24) is 5.32 Å². The van der Waals surface area contributed by atoms with Crippen molar-refractivity contribution in [3.8, 4) is 5.75 Å². The third kappa shape index (κ3) is 6.24. The molecule has 3 rings (SSSR count). The summed E-state index contributed by atoms with van der Waals surface area (Å²) in [6.07, 6.45) is 12.7. The quantitative estimate of drug-likeness (QED) is 0.645. The minimum Gasteiger partial charge on any atom is -0.481 e. The van der Waals surface area contributed by atoms with Gasteiger partial charge in [-0.05, 0) is 74.6 Å². The van der Waals surface area contributed by atoms with Crippen LogP contribution < -0.4 is 10.1 Å². The molecule has 0 spiro atoms. The summed E-state index contributed by atoms with van der Waals surface area (Å²) in [4.78, 5) is 12.5. The largest absolute Gasteiger partial charge is 0.481 e. The van der Waals surface area contributed by atoms with Gasteiger partial charge in [0, 0.05) is 13.2 Å². The molecular weight excluding hydrogens is 338 g/mol. The van der Waals surface area contributed by atoms with E-state index in [1.54, 1.807) is 0 Å². The smallest absolute Gasteiger partial charge is 0.261 e. The number of aryl methyl sites for hydroxylation is 2. The molecule has 2 aliphatic rings. The molecule has 1 aromatic rings. The number of benzene rings is 1. The van der Waals surface area contributed by atoms with Crippen LogP contribution in [0.25, 0.3) is 0 Å². The van der Waals surface area contributed by atoms with E-state index in [9.17, 15) is 4.79 Å². The predicted octanol–water partition coefficient (Wildman–Crippen LogP) is 4.58. The summed E-state index contributed by atoms with van der Waals surface area (Å²) >= 11 is 0. The molecule has 1 fully saturated rings. The van der Waals surface area contributed by atoms with Crippen molar-refractivity contribution >= 4 is 5.91 Å². The van der Waals surface area contributed by atoms with E-state index in [1.165, 1.54) is 56.1 Å². The maximum atomic E-state index is 12.5. The molecule has 1 saturated carbocycles. The first kappa shape index (κ1) is 20.2. The Labute approximate surface area is 164 Å². The van der Waals surface area contributed by atoms with Gasteiger partial charge in [-0.15, -0.1) is 0 Å². The molecule has 0 radical (unpaired) electrons. The number of nitrogens with one attached hydrogen (secondary N) is 1. The van der Waals surface area contributed by atoms with E-state index in [-0.39, 0.29) is 5.91 Å². The van der Waals surface area contributed by atoms with Gasteiger partial charge >= 0.3 is 0 Å². The molecule has 2 aliphatic carbocycles. The molecule has 1 atom stereocenters.